The molecule has 0 saturated carbocycles. The largest absolute Gasteiger partial charge is 0.417 e. The third-order valence-electron chi connectivity index (χ3n) is 3.09. The predicted molar refractivity (Wildman–Crippen MR) is 86.2 cm³/mol. The highest BCUT2D eigenvalue weighted by atomic mass is 127. The van der Waals surface area contributed by atoms with Crippen molar-refractivity contribution < 1.29 is 18.0 Å². The molecule has 0 bridgehead atoms. The summed E-state index contributed by atoms with van der Waals surface area (Å²) in [6.07, 6.45) is -4.59. The lowest BCUT2D eigenvalue weighted by Gasteiger charge is -2.11. The molecular weight excluding hydrogens is 428 g/mol. The molecule has 0 atom stereocenters. The molecule has 0 aliphatic heterocycles. The number of alkyl halides is 3. The minimum Gasteiger partial charge on any atom is -0.267 e. The van der Waals surface area contributed by atoms with Gasteiger partial charge in [0.1, 0.15) is 3.70 Å². The number of nitrogens with zero attached hydrogens (tertiary/aromatic N) is 2. The van der Waals surface area contributed by atoms with Crippen LogP contribution < -0.4 is 0 Å². The summed E-state index contributed by atoms with van der Waals surface area (Å²) in [6, 6.07) is 6.50. The van der Waals surface area contributed by atoms with Crippen molar-refractivity contribution in [3.8, 4) is 0 Å². The molecule has 0 amide bonds. The van der Waals surface area contributed by atoms with Crippen LogP contribution in [0.4, 0.5) is 13.2 Å². The van der Waals surface area contributed by atoms with Crippen molar-refractivity contribution in [2.24, 2.45) is 0 Å². The predicted octanol–water partition coefficient (Wildman–Crippen LogP) is 4.72. The van der Waals surface area contributed by atoms with E-state index in [-0.39, 0.29) is 0 Å². The molecule has 1 aromatic carbocycles. The van der Waals surface area contributed by atoms with E-state index in [4.69, 9.17) is 0 Å². The van der Waals surface area contributed by atoms with E-state index >= 15 is 0 Å². The van der Waals surface area contributed by atoms with E-state index in [9.17, 15) is 18.0 Å². The maximum absolute atomic E-state index is 13.1. The zero-order valence-electron chi connectivity index (χ0n) is 11.1. The van der Waals surface area contributed by atoms with Gasteiger partial charge in [-0.2, -0.15) is 23.0 Å². The summed E-state index contributed by atoms with van der Waals surface area (Å²) in [4.78, 5) is 13.5. The van der Waals surface area contributed by atoms with Gasteiger partial charge in [0, 0.05) is 4.88 Å². The number of thiophene rings is 1. The first kappa shape index (κ1) is 15.5. The van der Waals surface area contributed by atoms with E-state index in [2.05, 4.69) is 5.10 Å². The summed E-state index contributed by atoms with van der Waals surface area (Å²) in [7, 11) is 0. The second-order valence-corrected chi connectivity index (χ2v) is 6.90. The Balaban J connectivity index is 2.19. The van der Waals surface area contributed by atoms with Crippen LogP contribution >= 0.6 is 33.9 Å². The molecule has 114 valence electrons. The van der Waals surface area contributed by atoms with Crippen molar-refractivity contribution in [2.75, 3.05) is 0 Å². The molecule has 0 N–H and O–H groups in total. The number of aromatic nitrogens is 2. The molecule has 3 aromatic rings. The first-order valence-electron chi connectivity index (χ1n) is 6.14. The fourth-order valence-corrected chi connectivity index (χ4v) is 3.87. The number of carbonyl (C=O) groups is 1. The van der Waals surface area contributed by atoms with E-state index in [1.807, 2.05) is 29.5 Å². The Bertz CT molecular complexity index is 882. The minimum atomic E-state index is -4.59. The van der Waals surface area contributed by atoms with Crippen LogP contribution in [-0.2, 0) is 6.18 Å². The van der Waals surface area contributed by atoms with Gasteiger partial charge in [-0.25, -0.2) is 0 Å². The van der Waals surface area contributed by atoms with E-state index in [0.29, 0.717) is 9.22 Å². The average molecular weight is 436 g/mol. The van der Waals surface area contributed by atoms with Crippen LogP contribution in [0.5, 0.6) is 0 Å². The number of benzene rings is 1. The summed E-state index contributed by atoms with van der Waals surface area (Å²) >= 11 is 3.43. The summed E-state index contributed by atoms with van der Waals surface area (Å²) < 4.78 is 41.6. The van der Waals surface area contributed by atoms with E-state index in [0.717, 1.165) is 20.3 Å². The molecule has 0 fully saturated rings. The SMILES string of the molecule is Cc1cc2c(s1)c(I)nn2C(=O)c1ccccc1C(F)(F)F. The summed E-state index contributed by atoms with van der Waals surface area (Å²) in [6.45, 7) is 1.87. The van der Waals surface area contributed by atoms with Crippen LogP contribution in [0.25, 0.3) is 10.2 Å². The maximum atomic E-state index is 13.1. The van der Waals surface area contributed by atoms with Crippen molar-refractivity contribution in [1.29, 1.82) is 0 Å². The first-order chi connectivity index (χ1) is 10.3. The molecule has 0 unspecified atom stereocenters. The summed E-state index contributed by atoms with van der Waals surface area (Å²) in [5.41, 5.74) is -0.820. The van der Waals surface area contributed by atoms with Gasteiger partial charge >= 0.3 is 6.18 Å². The molecule has 8 heteroatoms. The monoisotopic (exact) mass is 436 g/mol. The number of halogens is 4. The van der Waals surface area contributed by atoms with Crippen molar-refractivity contribution in [1.82, 2.24) is 9.78 Å². The van der Waals surface area contributed by atoms with Crippen molar-refractivity contribution in [3.05, 3.63) is 50.0 Å². The highest BCUT2D eigenvalue weighted by Gasteiger charge is 2.35. The molecule has 0 saturated heterocycles. The number of hydrogen-bond donors (Lipinski definition) is 0. The second kappa shape index (κ2) is 5.34. The zero-order chi connectivity index (χ0) is 16.1. The molecule has 2 aromatic heterocycles. The van der Waals surface area contributed by atoms with Gasteiger partial charge < -0.3 is 0 Å². The molecule has 0 radical (unpaired) electrons. The quantitative estimate of drug-likeness (QED) is 0.518. The van der Waals surface area contributed by atoms with Crippen molar-refractivity contribution >= 4 is 50.1 Å². The highest BCUT2D eigenvalue weighted by Crippen LogP contribution is 2.34. The summed E-state index contributed by atoms with van der Waals surface area (Å²) in [5.74, 6) is -0.779. The zero-order valence-corrected chi connectivity index (χ0v) is 14.1. The third-order valence-corrected chi connectivity index (χ3v) is 5.26. The fraction of sp³-hybridized carbons (Fsp3) is 0.143. The van der Waals surface area contributed by atoms with Gasteiger partial charge in [-0.05, 0) is 47.7 Å². The first-order valence-corrected chi connectivity index (χ1v) is 8.04. The van der Waals surface area contributed by atoms with Gasteiger partial charge in [0.05, 0.1) is 21.3 Å². The number of rotatable bonds is 1. The number of hydrogen-bond acceptors (Lipinski definition) is 3. The van der Waals surface area contributed by atoms with Crippen LogP contribution in [0.1, 0.15) is 20.8 Å². The summed E-state index contributed by atoms with van der Waals surface area (Å²) in [5, 5.41) is 4.09. The molecule has 0 spiro atoms. The van der Waals surface area contributed by atoms with Crippen LogP contribution in [0.3, 0.4) is 0 Å². The van der Waals surface area contributed by atoms with E-state index < -0.39 is 23.2 Å². The number of aryl methyl sites for hydroxylation is 1. The number of fused-ring (bicyclic) bond motifs is 1. The van der Waals surface area contributed by atoms with Crippen LogP contribution in [-0.4, -0.2) is 15.7 Å². The maximum Gasteiger partial charge on any atom is 0.417 e. The standard InChI is InChI=1S/C14H8F3IN2OS/c1-7-6-10-11(22-7)12(18)19-20(10)13(21)8-4-2-3-5-9(8)14(15,16)17/h2-6H,1H3. The van der Waals surface area contributed by atoms with Crippen molar-refractivity contribution in [3.63, 3.8) is 0 Å². The lowest BCUT2D eigenvalue weighted by atomic mass is 10.1. The molecule has 3 nitrogen and oxygen atoms in total. The van der Waals surface area contributed by atoms with Crippen LogP contribution in [0, 0.1) is 10.6 Å². The van der Waals surface area contributed by atoms with Gasteiger partial charge in [0.15, 0.2) is 0 Å². The minimum absolute atomic E-state index is 0.403. The molecule has 2 heterocycles. The Kier molecular flexibility index (Phi) is 3.76. The Morgan fingerprint density at radius 2 is 2.00 bits per heavy atom. The molecule has 0 aliphatic rings. The number of carbonyl (C=O) groups excluding carboxylic acids is 1. The Morgan fingerprint density at radius 1 is 1.32 bits per heavy atom. The Labute approximate surface area is 140 Å². The lowest BCUT2D eigenvalue weighted by Crippen LogP contribution is -2.19. The third kappa shape index (κ3) is 2.54. The average Bonchev–Trinajstić information content (AvgIpc) is 2.96. The molecule has 22 heavy (non-hydrogen) atoms. The molecule has 3 rings (SSSR count). The molecule has 0 aliphatic carbocycles. The smallest absolute Gasteiger partial charge is 0.267 e. The van der Waals surface area contributed by atoms with E-state index in [1.165, 1.54) is 29.5 Å². The normalized spacial score (nSPS) is 12.0. The van der Waals surface area contributed by atoms with Crippen LogP contribution in [0.2, 0.25) is 0 Å². The van der Waals surface area contributed by atoms with E-state index in [1.54, 1.807) is 6.07 Å². The van der Waals surface area contributed by atoms with Gasteiger partial charge in [0.2, 0.25) is 0 Å². The lowest BCUT2D eigenvalue weighted by molar-refractivity contribution is -0.137. The van der Waals surface area contributed by atoms with Gasteiger partial charge in [-0.1, -0.05) is 12.1 Å². The second-order valence-electron chi connectivity index (χ2n) is 4.62. The van der Waals surface area contributed by atoms with Gasteiger partial charge in [-0.15, -0.1) is 11.3 Å². The highest BCUT2D eigenvalue weighted by molar-refractivity contribution is 14.1. The van der Waals surface area contributed by atoms with Gasteiger partial charge in [-0.3, -0.25) is 4.79 Å². The molecular formula is C14H8F3IN2OS. The van der Waals surface area contributed by atoms with Crippen molar-refractivity contribution in [2.45, 2.75) is 13.1 Å². The Morgan fingerprint density at radius 3 is 2.68 bits per heavy atom. The van der Waals surface area contributed by atoms with Crippen LogP contribution in [0.15, 0.2) is 30.3 Å². The van der Waals surface area contributed by atoms with Gasteiger partial charge in [0.25, 0.3) is 5.91 Å². The Hall–Kier alpha value is -1.42. The fourth-order valence-electron chi connectivity index (χ4n) is 2.18. The topological polar surface area (TPSA) is 34.9 Å².